The van der Waals surface area contributed by atoms with E-state index in [9.17, 15) is 14.0 Å². The van der Waals surface area contributed by atoms with Crippen LogP contribution in [-0.2, 0) is 17.6 Å². The largest absolute Gasteiger partial charge is 0.356 e. The Labute approximate surface area is 163 Å². The van der Waals surface area contributed by atoms with Crippen molar-refractivity contribution in [3.8, 4) is 5.69 Å². The van der Waals surface area contributed by atoms with E-state index >= 15 is 0 Å². The molecule has 7 heteroatoms. The Morgan fingerprint density at radius 1 is 1.18 bits per heavy atom. The number of nitrogens with zero attached hydrogens (tertiary/aromatic N) is 3. The topological polar surface area (TPSA) is 67.2 Å². The van der Waals surface area contributed by atoms with Gasteiger partial charge in [0, 0.05) is 37.8 Å². The summed E-state index contributed by atoms with van der Waals surface area (Å²) in [6, 6.07) is 6.23. The summed E-state index contributed by atoms with van der Waals surface area (Å²) in [6.45, 7) is 3.56. The maximum Gasteiger partial charge on any atom is 0.274 e. The van der Waals surface area contributed by atoms with E-state index in [1.807, 2.05) is 4.90 Å². The van der Waals surface area contributed by atoms with Crippen LogP contribution in [0.25, 0.3) is 5.69 Å². The molecule has 2 aliphatic rings. The van der Waals surface area contributed by atoms with Gasteiger partial charge in [-0.05, 0) is 62.3 Å². The Morgan fingerprint density at radius 3 is 2.57 bits per heavy atom. The quantitative estimate of drug-likeness (QED) is 0.881. The second-order valence-corrected chi connectivity index (χ2v) is 7.69. The molecule has 0 atom stereocenters. The number of amides is 2. The SMILES string of the molecule is CC(=O)NCC1CCN(C(=O)c2nn(-c3ccc(F)cc3)c3c2CCC3)CC1. The maximum atomic E-state index is 13.3. The number of piperidine rings is 1. The molecule has 1 aliphatic heterocycles. The predicted molar refractivity (Wildman–Crippen MR) is 103 cm³/mol. The van der Waals surface area contributed by atoms with Gasteiger partial charge in [-0.2, -0.15) is 5.10 Å². The fourth-order valence-corrected chi connectivity index (χ4v) is 4.18. The number of nitrogens with one attached hydrogen (secondary N) is 1. The number of halogens is 1. The number of rotatable bonds is 4. The lowest BCUT2D eigenvalue weighted by atomic mass is 9.96. The van der Waals surface area contributed by atoms with Gasteiger partial charge >= 0.3 is 0 Å². The minimum Gasteiger partial charge on any atom is -0.356 e. The number of carbonyl (C=O) groups excluding carboxylic acids is 2. The fourth-order valence-electron chi connectivity index (χ4n) is 4.18. The van der Waals surface area contributed by atoms with E-state index in [1.165, 1.54) is 19.1 Å². The lowest BCUT2D eigenvalue weighted by Gasteiger charge is -2.31. The molecule has 0 radical (unpaired) electrons. The molecule has 2 heterocycles. The van der Waals surface area contributed by atoms with E-state index in [-0.39, 0.29) is 17.6 Å². The number of hydrogen-bond donors (Lipinski definition) is 1. The smallest absolute Gasteiger partial charge is 0.274 e. The molecule has 2 amide bonds. The molecule has 4 rings (SSSR count). The van der Waals surface area contributed by atoms with Gasteiger partial charge in [0.1, 0.15) is 5.82 Å². The van der Waals surface area contributed by atoms with E-state index in [1.54, 1.807) is 16.8 Å². The van der Waals surface area contributed by atoms with Crippen LogP contribution in [0.3, 0.4) is 0 Å². The van der Waals surface area contributed by atoms with E-state index in [2.05, 4.69) is 10.4 Å². The molecular formula is C21H25FN4O2. The van der Waals surface area contributed by atoms with Gasteiger partial charge in [0.25, 0.3) is 5.91 Å². The first-order chi connectivity index (χ1) is 13.5. The van der Waals surface area contributed by atoms with Crippen molar-refractivity contribution in [2.24, 2.45) is 5.92 Å². The highest BCUT2D eigenvalue weighted by molar-refractivity contribution is 5.94. The van der Waals surface area contributed by atoms with Gasteiger partial charge in [-0.15, -0.1) is 0 Å². The average Bonchev–Trinajstić information content (AvgIpc) is 3.30. The Morgan fingerprint density at radius 2 is 1.89 bits per heavy atom. The molecule has 1 aromatic carbocycles. The number of benzene rings is 1. The number of likely N-dealkylation sites (tertiary alicyclic amines) is 1. The van der Waals surface area contributed by atoms with Gasteiger partial charge in [0.2, 0.25) is 5.91 Å². The van der Waals surface area contributed by atoms with Crippen molar-refractivity contribution in [3.05, 3.63) is 47.0 Å². The van der Waals surface area contributed by atoms with Crippen LogP contribution in [0.2, 0.25) is 0 Å². The van der Waals surface area contributed by atoms with E-state index < -0.39 is 0 Å². The van der Waals surface area contributed by atoms with Crippen molar-refractivity contribution < 1.29 is 14.0 Å². The highest BCUT2D eigenvalue weighted by atomic mass is 19.1. The maximum absolute atomic E-state index is 13.3. The highest BCUT2D eigenvalue weighted by Gasteiger charge is 2.31. The molecule has 28 heavy (non-hydrogen) atoms. The zero-order valence-electron chi connectivity index (χ0n) is 16.1. The summed E-state index contributed by atoms with van der Waals surface area (Å²) in [5.74, 6) is 0.0961. The number of aromatic nitrogens is 2. The zero-order valence-corrected chi connectivity index (χ0v) is 16.1. The van der Waals surface area contributed by atoms with Crippen molar-refractivity contribution in [1.82, 2.24) is 20.0 Å². The molecule has 0 saturated carbocycles. The van der Waals surface area contributed by atoms with Crippen LogP contribution < -0.4 is 5.32 Å². The summed E-state index contributed by atoms with van der Waals surface area (Å²) in [4.78, 5) is 26.1. The summed E-state index contributed by atoms with van der Waals surface area (Å²) >= 11 is 0. The van der Waals surface area contributed by atoms with Crippen molar-refractivity contribution in [3.63, 3.8) is 0 Å². The van der Waals surface area contributed by atoms with Crippen LogP contribution in [0.4, 0.5) is 4.39 Å². The Balaban J connectivity index is 1.50. The average molecular weight is 384 g/mol. The number of hydrogen-bond acceptors (Lipinski definition) is 3. The normalized spacial score (nSPS) is 16.9. The second-order valence-electron chi connectivity index (χ2n) is 7.69. The molecule has 1 aromatic heterocycles. The third kappa shape index (κ3) is 3.66. The van der Waals surface area contributed by atoms with Crippen molar-refractivity contribution in [2.75, 3.05) is 19.6 Å². The van der Waals surface area contributed by atoms with E-state index in [0.29, 0.717) is 31.2 Å². The van der Waals surface area contributed by atoms with Crippen LogP contribution in [0.5, 0.6) is 0 Å². The summed E-state index contributed by atoms with van der Waals surface area (Å²) < 4.78 is 15.1. The van der Waals surface area contributed by atoms with Crippen LogP contribution in [0.1, 0.15) is 47.9 Å². The third-order valence-corrected chi connectivity index (χ3v) is 5.75. The van der Waals surface area contributed by atoms with Crippen molar-refractivity contribution in [2.45, 2.75) is 39.0 Å². The van der Waals surface area contributed by atoms with E-state index in [0.717, 1.165) is 49.0 Å². The molecule has 0 bridgehead atoms. The molecule has 6 nitrogen and oxygen atoms in total. The van der Waals surface area contributed by atoms with Crippen molar-refractivity contribution in [1.29, 1.82) is 0 Å². The molecular weight excluding hydrogens is 359 g/mol. The fraction of sp³-hybridized carbons (Fsp3) is 0.476. The molecule has 1 N–H and O–H groups in total. The Kier molecular flexibility index (Phi) is 5.15. The minimum absolute atomic E-state index is 0.0135. The van der Waals surface area contributed by atoms with Crippen LogP contribution in [-0.4, -0.2) is 46.1 Å². The van der Waals surface area contributed by atoms with Gasteiger partial charge in [0.15, 0.2) is 5.69 Å². The van der Waals surface area contributed by atoms with Gasteiger partial charge in [-0.3, -0.25) is 9.59 Å². The van der Waals surface area contributed by atoms with Crippen LogP contribution in [0.15, 0.2) is 24.3 Å². The first-order valence-electron chi connectivity index (χ1n) is 9.93. The Hall–Kier alpha value is -2.70. The molecule has 2 aromatic rings. The summed E-state index contributed by atoms with van der Waals surface area (Å²) in [5, 5.41) is 7.50. The molecule has 0 unspecified atom stereocenters. The standard InChI is InChI=1S/C21H25FN4O2/c1-14(27)23-13-15-9-11-25(12-10-15)21(28)20-18-3-2-4-19(18)26(24-20)17-7-5-16(22)6-8-17/h5-8,15H,2-4,9-13H2,1H3,(H,23,27). The van der Waals surface area contributed by atoms with Gasteiger partial charge < -0.3 is 10.2 Å². The van der Waals surface area contributed by atoms with Crippen molar-refractivity contribution >= 4 is 11.8 Å². The monoisotopic (exact) mass is 384 g/mol. The first kappa shape index (κ1) is 18.7. The minimum atomic E-state index is -0.286. The first-order valence-corrected chi connectivity index (χ1v) is 9.93. The zero-order chi connectivity index (χ0) is 19.7. The number of fused-ring (bicyclic) bond motifs is 1. The lowest BCUT2D eigenvalue weighted by Crippen LogP contribution is -2.41. The Bertz CT molecular complexity index is 883. The van der Waals surface area contributed by atoms with E-state index in [4.69, 9.17) is 0 Å². The second kappa shape index (κ2) is 7.73. The molecule has 1 aliphatic carbocycles. The molecule has 1 saturated heterocycles. The van der Waals surface area contributed by atoms with Gasteiger partial charge in [0.05, 0.1) is 5.69 Å². The molecule has 148 valence electrons. The molecule has 1 fully saturated rings. The van der Waals surface area contributed by atoms with Gasteiger partial charge in [-0.1, -0.05) is 0 Å². The third-order valence-electron chi connectivity index (χ3n) is 5.75. The molecule has 0 spiro atoms. The van der Waals surface area contributed by atoms with Crippen LogP contribution in [0, 0.1) is 11.7 Å². The predicted octanol–water partition coefficient (Wildman–Crippen LogP) is 2.49. The number of carbonyl (C=O) groups is 2. The highest BCUT2D eigenvalue weighted by Crippen LogP contribution is 2.29. The summed E-state index contributed by atoms with van der Waals surface area (Å²) in [7, 11) is 0. The summed E-state index contributed by atoms with van der Waals surface area (Å²) in [5.41, 5.74) is 3.43. The van der Waals surface area contributed by atoms with Crippen LogP contribution >= 0.6 is 0 Å². The lowest BCUT2D eigenvalue weighted by molar-refractivity contribution is -0.119. The van der Waals surface area contributed by atoms with Gasteiger partial charge in [-0.25, -0.2) is 9.07 Å². The summed E-state index contributed by atoms with van der Waals surface area (Å²) in [6.07, 6.45) is 4.51.